The minimum atomic E-state index is -0.763. The Hall–Kier alpha value is -2.75. The van der Waals surface area contributed by atoms with Crippen LogP contribution in [0.15, 0.2) is 59.9 Å². The van der Waals surface area contributed by atoms with Gasteiger partial charge in [-0.05, 0) is 41.2 Å². The summed E-state index contributed by atoms with van der Waals surface area (Å²) < 4.78 is 0. The molecule has 4 nitrogen and oxygen atoms in total. The molecule has 4 heteroatoms. The van der Waals surface area contributed by atoms with E-state index in [0.717, 1.165) is 24.0 Å². The van der Waals surface area contributed by atoms with Gasteiger partial charge in [-0.25, -0.2) is 4.79 Å². The number of hydrogen-bond donors (Lipinski definition) is 0. The molecule has 2 rings (SSSR count). The highest BCUT2D eigenvalue weighted by molar-refractivity contribution is 5.88. The predicted molar refractivity (Wildman–Crippen MR) is 110 cm³/mol. The van der Waals surface area contributed by atoms with Crippen LogP contribution in [0.1, 0.15) is 56.6 Å². The van der Waals surface area contributed by atoms with E-state index in [4.69, 9.17) is 0 Å². The van der Waals surface area contributed by atoms with Gasteiger partial charge >= 0.3 is 5.97 Å². The first kappa shape index (κ1) is 20.6. The first-order valence-electron chi connectivity index (χ1n) is 9.65. The second kappa shape index (κ2) is 11.8. The Morgan fingerprint density at radius 1 is 0.963 bits per heavy atom. The van der Waals surface area contributed by atoms with Gasteiger partial charge in [0.05, 0.1) is 0 Å². The Bertz CT molecular complexity index is 753. The molecule has 0 spiro atoms. The maximum atomic E-state index is 11.4. The van der Waals surface area contributed by atoms with Crippen LogP contribution in [0.3, 0.4) is 0 Å². The lowest BCUT2D eigenvalue weighted by atomic mass is 9.91. The number of unbranched alkanes of at least 4 members (excludes halogenated alkanes) is 5. The first-order valence-corrected chi connectivity index (χ1v) is 9.65. The molecule has 0 saturated heterocycles. The van der Waals surface area contributed by atoms with E-state index in [0.29, 0.717) is 0 Å². The lowest BCUT2D eigenvalue weighted by Crippen LogP contribution is -1.97. The average Bonchev–Trinajstić information content (AvgIpc) is 2.70. The maximum absolute atomic E-state index is 11.4. The van der Waals surface area contributed by atoms with Crippen molar-refractivity contribution in [1.29, 1.82) is 0 Å². The minimum absolute atomic E-state index is 0.763. The van der Waals surface area contributed by atoms with E-state index in [-0.39, 0.29) is 0 Å². The van der Waals surface area contributed by atoms with E-state index in [9.17, 15) is 9.70 Å². The smallest absolute Gasteiger partial charge is 0.280 e. The molecular weight excluding hydrogens is 338 g/mol. The highest BCUT2D eigenvalue weighted by atomic mass is 16.7. The van der Waals surface area contributed by atoms with Crippen molar-refractivity contribution in [2.24, 2.45) is 5.34 Å². The summed E-state index contributed by atoms with van der Waals surface area (Å²) in [6.07, 6.45) is 11.3. The van der Waals surface area contributed by atoms with Gasteiger partial charge in [0.1, 0.15) is 0 Å². The van der Waals surface area contributed by atoms with Gasteiger partial charge in [-0.1, -0.05) is 87.6 Å². The molecule has 142 valence electrons. The molecule has 0 atom stereocenters. The monoisotopic (exact) mass is 365 g/mol. The highest BCUT2D eigenvalue weighted by Crippen LogP contribution is 2.29. The van der Waals surface area contributed by atoms with Crippen LogP contribution in [0, 0.1) is 4.91 Å². The normalized spacial score (nSPS) is 10.9. The molecule has 0 aliphatic heterocycles. The van der Waals surface area contributed by atoms with Crippen molar-refractivity contribution in [3.63, 3.8) is 0 Å². The summed E-state index contributed by atoms with van der Waals surface area (Å²) in [5.74, 6) is -0.763. The van der Waals surface area contributed by atoms with E-state index in [1.165, 1.54) is 49.3 Å². The molecule has 2 aromatic rings. The van der Waals surface area contributed by atoms with Crippen LogP contribution < -0.4 is 0 Å². The molecule has 0 radical (unpaired) electrons. The molecule has 0 saturated carbocycles. The van der Waals surface area contributed by atoms with Gasteiger partial charge < -0.3 is 0 Å². The summed E-state index contributed by atoms with van der Waals surface area (Å²) in [5, 5.41) is 2.17. The van der Waals surface area contributed by atoms with Gasteiger partial charge in [-0.3, -0.25) is 4.84 Å². The van der Waals surface area contributed by atoms with Gasteiger partial charge in [-0.2, -0.15) is 0 Å². The Kier molecular flexibility index (Phi) is 8.98. The van der Waals surface area contributed by atoms with Crippen LogP contribution in [0.5, 0.6) is 0 Å². The second-order valence-electron chi connectivity index (χ2n) is 6.58. The molecule has 0 N–H and O–H groups in total. The average molecular weight is 365 g/mol. The number of carbonyl (C=O) groups excluding carboxylic acids is 1. The molecule has 27 heavy (non-hydrogen) atoms. The highest BCUT2D eigenvalue weighted by Gasteiger charge is 2.09. The van der Waals surface area contributed by atoms with E-state index >= 15 is 0 Å². The largest absolute Gasteiger partial charge is 0.362 e. The summed E-state index contributed by atoms with van der Waals surface area (Å²) in [6.45, 7) is 2.22. The van der Waals surface area contributed by atoms with Crippen LogP contribution in [0.4, 0.5) is 0 Å². The molecule has 0 unspecified atom stereocenters. The summed E-state index contributed by atoms with van der Waals surface area (Å²) in [6, 6.07) is 16.3. The van der Waals surface area contributed by atoms with Gasteiger partial charge in [0.15, 0.2) is 5.34 Å². The number of rotatable bonds is 11. The predicted octanol–water partition coefficient (Wildman–Crippen LogP) is 6.49. The van der Waals surface area contributed by atoms with Gasteiger partial charge in [0.2, 0.25) is 0 Å². The third kappa shape index (κ3) is 6.81. The van der Waals surface area contributed by atoms with E-state index in [1.54, 1.807) is 6.08 Å². The van der Waals surface area contributed by atoms with Crippen molar-refractivity contribution in [2.45, 2.75) is 51.9 Å². The standard InChI is InChI=1S/C23H27NO3/c1-2-3-4-5-6-10-15-21-20(17-18-23(25)27-24-26)14-11-16-22(21)19-12-8-7-9-13-19/h7-9,11-14,16-18H,2-6,10,15H2,1H3/b18-17+. The summed E-state index contributed by atoms with van der Waals surface area (Å²) >= 11 is 0. The topological polar surface area (TPSA) is 55.7 Å². The Morgan fingerprint density at radius 2 is 1.70 bits per heavy atom. The van der Waals surface area contributed by atoms with Crippen LogP contribution in [-0.4, -0.2) is 5.97 Å². The van der Waals surface area contributed by atoms with Crippen LogP contribution in [0.2, 0.25) is 0 Å². The van der Waals surface area contributed by atoms with Gasteiger partial charge in [-0.15, -0.1) is 4.91 Å². The second-order valence-corrected chi connectivity index (χ2v) is 6.58. The van der Waals surface area contributed by atoms with Crippen molar-refractivity contribution >= 4 is 12.0 Å². The summed E-state index contributed by atoms with van der Waals surface area (Å²) in [4.78, 5) is 25.6. The van der Waals surface area contributed by atoms with Gasteiger partial charge in [0.25, 0.3) is 0 Å². The zero-order valence-corrected chi connectivity index (χ0v) is 15.9. The lowest BCUT2D eigenvalue weighted by molar-refractivity contribution is -0.137. The number of nitrogens with zero attached hydrogens (tertiary/aromatic N) is 1. The zero-order chi connectivity index (χ0) is 19.3. The molecule has 2 aromatic carbocycles. The van der Waals surface area contributed by atoms with Crippen LogP contribution in [0.25, 0.3) is 17.2 Å². The summed E-state index contributed by atoms with van der Waals surface area (Å²) in [7, 11) is 0. The molecule has 0 bridgehead atoms. The van der Waals surface area contributed by atoms with E-state index < -0.39 is 5.97 Å². The third-order valence-corrected chi connectivity index (χ3v) is 4.60. The maximum Gasteiger partial charge on any atom is 0.362 e. The lowest BCUT2D eigenvalue weighted by Gasteiger charge is -2.13. The molecule has 0 amide bonds. The van der Waals surface area contributed by atoms with Crippen molar-refractivity contribution in [2.75, 3.05) is 0 Å². The zero-order valence-electron chi connectivity index (χ0n) is 15.9. The number of hydrogen-bond acceptors (Lipinski definition) is 4. The van der Waals surface area contributed by atoms with Crippen molar-refractivity contribution in [3.05, 3.63) is 70.6 Å². The summed E-state index contributed by atoms with van der Waals surface area (Å²) in [5.41, 5.74) is 4.51. The SMILES string of the molecule is CCCCCCCCc1c(/C=C/C(=O)ON=O)cccc1-c1ccccc1. The Morgan fingerprint density at radius 3 is 2.44 bits per heavy atom. The fourth-order valence-electron chi connectivity index (χ4n) is 3.24. The molecule has 0 aliphatic rings. The van der Waals surface area contributed by atoms with Crippen molar-refractivity contribution in [1.82, 2.24) is 0 Å². The fourth-order valence-corrected chi connectivity index (χ4v) is 3.24. The van der Waals surface area contributed by atoms with Crippen molar-refractivity contribution < 1.29 is 9.63 Å². The first-order chi connectivity index (χ1) is 13.3. The van der Waals surface area contributed by atoms with E-state index in [2.05, 4.69) is 35.3 Å². The fraction of sp³-hybridized carbons (Fsp3) is 0.348. The molecule has 0 aromatic heterocycles. The molecule has 0 aliphatic carbocycles. The van der Waals surface area contributed by atoms with Crippen molar-refractivity contribution in [3.8, 4) is 11.1 Å². The molecule has 0 heterocycles. The van der Waals surface area contributed by atoms with E-state index in [1.807, 2.05) is 30.3 Å². The Balaban J connectivity index is 2.21. The number of benzene rings is 2. The van der Waals surface area contributed by atoms with Gasteiger partial charge in [0, 0.05) is 6.08 Å². The van der Waals surface area contributed by atoms with Crippen LogP contribution >= 0.6 is 0 Å². The minimum Gasteiger partial charge on any atom is -0.280 e. The molecule has 0 fully saturated rings. The molecular formula is C23H27NO3. The Labute approximate surface area is 161 Å². The quantitative estimate of drug-likeness (QED) is 0.198. The van der Waals surface area contributed by atoms with Crippen LogP contribution in [-0.2, 0) is 16.1 Å². The third-order valence-electron chi connectivity index (χ3n) is 4.60. The number of carbonyl (C=O) groups is 1.